The highest BCUT2D eigenvalue weighted by atomic mass is 79.9. The van der Waals surface area contributed by atoms with E-state index in [1.54, 1.807) is 0 Å². The van der Waals surface area contributed by atoms with Gasteiger partial charge in [0.2, 0.25) is 0 Å². The molecule has 0 amide bonds. The van der Waals surface area contributed by atoms with E-state index in [0.29, 0.717) is 0 Å². The summed E-state index contributed by atoms with van der Waals surface area (Å²) < 4.78 is 1.23. The number of rotatable bonds is 5. The van der Waals surface area contributed by atoms with E-state index in [4.69, 9.17) is 0 Å². The van der Waals surface area contributed by atoms with Crippen LogP contribution in [0.4, 0.5) is 0 Å². The van der Waals surface area contributed by atoms with E-state index in [2.05, 4.69) is 66.3 Å². The second-order valence-electron chi connectivity index (χ2n) is 5.06. The third-order valence-corrected chi connectivity index (χ3v) is 5.98. The number of nitrogens with one attached hydrogen (secondary N) is 1. The first-order chi connectivity index (χ1) is 9.60. The van der Waals surface area contributed by atoms with Crippen molar-refractivity contribution in [3.63, 3.8) is 0 Å². The molecule has 1 aromatic heterocycles. The van der Waals surface area contributed by atoms with Gasteiger partial charge in [-0.15, -0.1) is 11.3 Å². The smallest absolute Gasteiger partial charge is 0.0731 e. The minimum atomic E-state index is 0.279. The molecule has 0 saturated carbocycles. The number of halogens is 1. The molecule has 1 atom stereocenters. The molecule has 0 fully saturated rings. The summed E-state index contributed by atoms with van der Waals surface area (Å²) in [6, 6.07) is 9.47. The third kappa shape index (κ3) is 3.16. The Labute approximate surface area is 134 Å². The van der Waals surface area contributed by atoms with Crippen molar-refractivity contribution in [1.82, 2.24) is 5.32 Å². The number of aryl methyl sites for hydroxylation is 3. The Bertz CT molecular complexity index is 569. The summed E-state index contributed by atoms with van der Waals surface area (Å²) in [6.45, 7) is 6.61. The van der Waals surface area contributed by atoms with Crippen molar-refractivity contribution in [3.8, 4) is 0 Å². The highest BCUT2D eigenvalue weighted by Gasteiger charge is 2.16. The Morgan fingerprint density at radius 2 is 1.85 bits per heavy atom. The standard InChI is InChI=1S/C17H22BrNS/c1-5-12-7-8-14(10-13(12)6-2)16(19-4)15-9-11(3)17(18)20-15/h7-10,16,19H,5-6H2,1-4H3. The van der Waals surface area contributed by atoms with Crippen LogP contribution in [0.2, 0.25) is 0 Å². The molecule has 0 aliphatic rings. The highest BCUT2D eigenvalue weighted by molar-refractivity contribution is 9.11. The molecular weight excluding hydrogens is 330 g/mol. The van der Waals surface area contributed by atoms with Crippen LogP contribution in [0.1, 0.15) is 47.0 Å². The second-order valence-corrected chi connectivity index (χ2v) is 7.46. The van der Waals surface area contributed by atoms with E-state index < -0.39 is 0 Å². The maximum atomic E-state index is 3.63. The minimum Gasteiger partial charge on any atom is -0.309 e. The summed E-state index contributed by atoms with van der Waals surface area (Å²) in [4.78, 5) is 1.36. The van der Waals surface area contributed by atoms with Crippen molar-refractivity contribution in [2.24, 2.45) is 0 Å². The van der Waals surface area contributed by atoms with E-state index in [1.807, 2.05) is 18.4 Å². The fourth-order valence-electron chi connectivity index (χ4n) is 2.60. The molecule has 1 unspecified atom stereocenters. The van der Waals surface area contributed by atoms with Crippen molar-refractivity contribution in [1.29, 1.82) is 0 Å². The van der Waals surface area contributed by atoms with Gasteiger partial charge < -0.3 is 5.32 Å². The topological polar surface area (TPSA) is 12.0 Å². The fraction of sp³-hybridized carbons (Fsp3) is 0.412. The van der Waals surface area contributed by atoms with Crippen molar-refractivity contribution >= 4 is 27.3 Å². The van der Waals surface area contributed by atoms with E-state index in [1.165, 1.54) is 30.9 Å². The minimum absolute atomic E-state index is 0.279. The van der Waals surface area contributed by atoms with E-state index in [0.717, 1.165) is 12.8 Å². The number of benzene rings is 1. The van der Waals surface area contributed by atoms with Gasteiger partial charge in [0.15, 0.2) is 0 Å². The molecule has 2 aromatic rings. The summed E-state index contributed by atoms with van der Waals surface area (Å²) in [5.41, 5.74) is 5.61. The molecule has 0 aliphatic carbocycles. The number of hydrogen-bond donors (Lipinski definition) is 1. The van der Waals surface area contributed by atoms with Gasteiger partial charge in [0, 0.05) is 4.88 Å². The molecule has 0 bridgehead atoms. The average molecular weight is 352 g/mol. The summed E-state index contributed by atoms with van der Waals surface area (Å²) in [7, 11) is 2.03. The highest BCUT2D eigenvalue weighted by Crippen LogP contribution is 2.34. The lowest BCUT2D eigenvalue weighted by Crippen LogP contribution is -2.17. The van der Waals surface area contributed by atoms with Crippen LogP contribution < -0.4 is 5.32 Å². The Hall–Kier alpha value is -0.640. The van der Waals surface area contributed by atoms with Crippen molar-refractivity contribution in [2.75, 3.05) is 7.05 Å². The molecular formula is C17H22BrNS. The SMILES string of the molecule is CCc1ccc(C(NC)c2cc(C)c(Br)s2)cc1CC. The van der Waals surface area contributed by atoms with Gasteiger partial charge in [0.25, 0.3) is 0 Å². The second kappa shape index (κ2) is 6.88. The molecule has 20 heavy (non-hydrogen) atoms. The first-order valence-electron chi connectivity index (χ1n) is 7.15. The van der Waals surface area contributed by atoms with E-state index in [9.17, 15) is 0 Å². The zero-order valence-corrected chi connectivity index (χ0v) is 15.0. The van der Waals surface area contributed by atoms with Gasteiger partial charge >= 0.3 is 0 Å². The molecule has 1 nitrogen and oxygen atoms in total. The van der Waals surface area contributed by atoms with Gasteiger partial charge in [-0.05, 0) is 71.1 Å². The largest absolute Gasteiger partial charge is 0.309 e. The molecule has 0 spiro atoms. The molecule has 0 radical (unpaired) electrons. The normalized spacial score (nSPS) is 12.7. The summed E-state index contributed by atoms with van der Waals surface area (Å²) in [5.74, 6) is 0. The van der Waals surface area contributed by atoms with Gasteiger partial charge in [-0.25, -0.2) is 0 Å². The van der Waals surface area contributed by atoms with Crippen LogP contribution in [0.5, 0.6) is 0 Å². The molecule has 0 saturated heterocycles. The molecule has 1 N–H and O–H groups in total. The van der Waals surface area contributed by atoms with Crippen molar-refractivity contribution in [2.45, 2.75) is 39.7 Å². The number of hydrogen-bond acceptors (Lipinski definition) is 2. The van der Waals surface area contributed by atoms with Crippen molar-refractivity contribution in [3.05, 3.63) is 55.2 Å². The van der Waals surface area contributed by atoms with Crippen LogP contribution in [0.3, 0.4) is 0 Å². The van der Waals surface area contributed by atoms with E-state index in [-0.39, 0.29) is 6.04 Å². The zero-order valence-electron chi connectivity index (χ0n) is 12.6. The van der Waals surface area contributed by atoms with Gasteiger partial charge in [0.05, 0.1) is 9.83 Å². The lowest BCUT2D eigenvalue weighted by molar-refractivity contribution is 0.701. The van der Waals surface area contributed by atoms with Gasteiger partial charge in [-0.3, -0.25) is 0 Å². The predicted molar refractivity (Wildman–Crippen MR) is 92.9 cm³/mol. The lowest BCUT2D eigenvalue weighted by atomic mass is 9.96. The van der Waals surface area contributed by atoms with Crippen LogP contribution in [0.15, 0.2) is 28.1 Å². The summed E-state index contributed by atoms with van der Waals surface area (Å²) in [6.07, 6.45) is 2.21. The van der Waals surface area contributed by atoms with Crippen molar-refractivity contribution < 1.29 is 0 Å². The molecule has 1 aromatic carbocycles. The third-order valence-electron chi connectivity index (χ3n) is 3.77. The monoisotopic (exact) mass is 351 g/mol. The molecule has 2 rings (SSSR count). The Morgan fingerprint density at radius 1 is 1.15 bits per heavy atom. The van der Waals surface area contributed by atoms with Crippen LogP contribution in [0, 0.1) is 6.92 Å². The zero-order chi connectivity index (χ0) is 14.7. The van der Waals surface area contributed by atoms with Crippen LogP contribution in [-0.2, 0) is 12.8 Å². The molecule has 108 valence electrons. The van der Waals surface area contributed by atoms with E-state index >= 15 is 0 Å². The van der Waals surface area contributed by atoms with Crippen LogP contribution in [0.25, 0.3) is 0 Å². The molecule has 0 aliphatic heterocycles. The maximum absolute atomic E-state index is 3.63. The van der Waals surface area contributed by atoms with Crippen LogP contribution >= 0.6 is 27.3 Å². The maximum Gasteiger partial charge on any atom is 0.0731 e. The number of thiophene rings is 1. The first-order valence-corrected chi connectivity index (χ1v) is 8.76. The van der Waals surface area contributed by atoms with Crippen LogP contribution in [-0.4, -0.2) is 7.05 Å². The quantitative estimate of drug-likeness (QED) is 0.775. The Kier molecular flexibility index (Phi) is 5.42. The Balaban J connectivity index is 2.41. The van der Waals surface area contributed by atoms with Gasteiger partial charge in [-0.1, -0.05) is 32.0 Å². The average Bonchev–Trinajstić information content (AvgIpc) is 2.79. The van der Waals surface area contributed by atoms with Gasteiger partial charge in [0.1, 0.15) is 0 Å². The summed E-state index contributed by atoms with van der Waals surface area (Å²) >= 11 is 5.45. The first kappa shape index (κ1) is 15.7. The van der Waals surface area contributed by atoms with Gasteiger partial charge in [-0.2, -0.15) is 0 Å². The lowest BCUT2D eigenvalue weighted by Gasteiger charge is -2.17. The Morgan fingerprint density at radius 3 is 2.35 bits per heavy atom. The predicted octanol–water partition coefficient (Wildman–Crippen LogP) is 5.25. The molecule has 1 heterocycles. The molecule has 3 heteroatoms. The summed E-state index contributed by atoms with van der Waals surface area (Å²) in [5, 5.41) is 3.45. The fourth-order valence-corrected chi connectivity index (χ4v) is 4.31.